The second-order valence-corrected chi connectivity index (χ2v) is 5.55. The maximum Gasteiger partial charge on any atom is 0.123 e. The van der Waals surface area contributed by atoms with E-state index in [1.54, 1.807) is 19.2 Å². The molecule has 1 rings (SSSR count). The van der Waals surface area contributed by atoms with Gasteiger partial charge < -0.3 is 10.1 Å². The fourth-order valence-electron chi connectivity index (χ4n) is 2.72. The second-order valence-electron chi connectivity index (χ2n) is 5.55. The zero-order valence-electron chi connectivity index (χ0n) is 13.8. The van der Waals surface area contributed by atoms with Gasteiger partial charge in [0, 0.05) is 11.6 Å². The molecule has 1 aromatic rings. The Bertz CT molecular complexity index is 395. The van der Waals surface area contributed by atoms with Crippen molar-refractivity contribution >= 4 is 0 Å². The summed E-state index contributed by atoms with van der Waals surface area (Å²) in [6, 6.07) is 4.95. The summed E-state index contributed by atoms with van der Waals surface area (Å²) in [4.78, 5) is 0. The van der Waals surface area contributed by atoms with Gasteiger partial charge in [-0.05, 0) is 31.2 Å². The van der Waals surface area contributed by atoms with E-state index in [4.69, 9.17) is 4.74 Å². The minimum absolute atomic E-state index is 0.173. The number of halogens is 1. The lowest BCUT2D eigenvalue weighted by atomic mass is 9.98. The van der Waals surface area contributed by atoms with Crippen LogP contribution in [0.3, 0.4) is 0 Å². The zero-order chi connectivity index (χ0) is 15.5. The van der Waals surface area contributed by atoms with Crippen LogP contribution in [0, 0.1) is 5.82 Å². The van der Waals surface area contributed by atoms with Gasteiger partial charge in [0.1, 0.15) is 11.6 Å². The van der Waals surface area contributed by atoms with E-state index in [9.17, 15) is 4.39 Å². The van der Waals surface area contributed by atoms with Crippen LogP contribution >= 0.6 is 0 Å². The largest absolute Gasteiger partial charge is 0.496 e. The van der Waals surface area contributed by atoms with Crippen molar-refractivity contribution in [3.63, 3.8) is 0 Å². The minimum Gasteiger partial charge on any atom is -0.496 e. The standard InChI is InChI=1S/C18H30FNO/c1-4-6-7-8-9-10-11-17(20-5-2)16-14-15(19)12-13-18(16)21-3/h12-14,17,20H,4-11H2,1-3H3. The Kier molecular flexibility index (Phi) is 9.07. The predicted molar refractivity (Wildman–Crippen MR) is 87.4 cm³/mol. The molecule has 0 saturated carbocycles. The van der Waals surface area contributed by atoms with Crippen molar-refractivity contribution in [3.05, 3.63) is 29.6 Å². The topological polar surface area (TPSA) is 21.3 Å². The van der Waals surface area contributed by atoms with Gasteiger partial charge in [0.15, 0.2) is 0 Å². The van der Waals surface area contributed by atoms with E-state index < -0.39 is 0 Å². The molecule has 0 heterocycles. The molecule has 1 aromatic carbocycles. The molecule has 120 valence electrons. The number of unbranched alkanes of at least 4 members (excludes halogenated alkanes) is 5. The van der Waals surface area contributed by atoms with Crippen LogP contribution in [0.1, 0.15) is 70.4 Å². The third-order valence-corrected chi connectivity index (χ3v) is 3.86. The molecule has 0 aliphatic carbocycles. The van der Waals surface area contributed by atoms with Crippen LogP contribution in [-0.4, -0.2) is 13.7 Å². The highest BCUT2D eigenvalue weighted by Gasteiger charge is 2.15. The van der Waals surface area contributed by atoms with Gasteiger partial charge in [-0.15, -0.1) is 0 Å². The van der Waals surface area contributed by atoms with Gasteiger partial charge in [-0.2, -0.15) is 0 Å². The Morgan fingerprint density at radius 3 is 2.48 bits per heavy atom. The van der Waals surface area contributed by atoms with Crippen molar-refractivity contribution in [1.29, 1.82) is 0 Å². The molecular weight excluding hydrogens is 265 g/mol. The number of methoxy groups -OCH3 is 1. The highest BCUT2D eigenvalue weighted by atomic mass is 19.1. The number of hydrogen-bond donors (Lipinski definition) is 1. The number of ether oxygens (including phenoxy) is 1. The normalized spacial score (nSPS) is 12.4. The maximum absolute atomic E-state index is 13.5. The molecular formula is C18H30FNO. The molecule has 0 radical (unpaired) electrons. The number of nitrogens with one attached hydrogen (secondary N) is 1. The predicted octanol–water partition coefficient (Wildman–Crippen LogP) is 5.24. The van der Waals surface area contributed by atoms with Crippen molar-refractivity contribution in [1.82, 2.24) is 5.32 Å². The first-order chi connectivity index (χ1) is 10.2. The molecule has 0 aliphatic heterocycles. The van der Waals surface area contributed by atoms with Gasteiger partial charge in [0.05, 0.1) is 7.11 Å². The molecule has 3 heteroatoms. The van der Waals surface area contributed by atoms with Gasteiger partial charge >= 0.3 is 0 Å². The summed E-state index contributed by atoms with van der Waals surface area (Å²) in [5.41, 5.74) is 0.938. The van der Waals surface area contributed by atoms with Gasteiger partial charge in [-0.25, -0.2) is 4.39 Å². The highest BCUT2D eigenvalue weighted by Crippen LogP contribution is 2.29. The molecule has 2 nitrogen and oxygen atoms in total. The molecule has 0 bridgehead atoms. The first-order valence-corrected chi connectivity index (χ1v) is 8.29. The molecule has 0 saturated heterocycles. The Labute approximate surface area is 129 Å². The minimum atomic E-state index is -0.198. The smallest absolute Gasteiger partial charge is 0.123 e. The number of benzene rings is 1. The summed E-state index contributed by atoms with van der Waals surface area (Å²) in [6.45, 7) is 5.19. The molecule has 0 amide bonds. The number of hydrogen-bond acceptors (Lipinski definition) is 2. The average Bonchev–Trinajstić information content (AvgIpc) is 2.49. The molecule has 1 N–H and O–H groups in total. The van der Waals surface area contributed by atoms with Gasteiger partial charge in [0.2, 0.25) is 0 Å². The zero-order valence-corrected chi connectivity index (χ0v) is 13.8. The van der Waals surface area contributed by atoms with Crippen LogP contribution in [0.5, 0.6) is 5.75 Å². The summed E-state index contributed by atoms with van der Waals surface area (Å²) in [6.07, 6.45) is 8.67. The summed E-state index contributed by atoms with van der Waals surface area (Å²) in [5, 5.41) is 3.46. The van der Waals surface area contributed by atoms with Crippen molar-refractivity contribution in [2.45, 2.75) is 64.8 Å². The number of rotatable bonds is 11. The van der Waals surface area contributed by atoms with E-state index >= 15 is 0 Å². The van der Waals surface area contributed by atoms with Crippen LogP contribution in [-0.2, 0) is 0 Å². The maximum atomic E-state index is 13.5. The summed E-state index contributed by atoms with van der Waals surface area (Å²) < 4.78 is 18.9. The van der Waals surface area contributed by atoms with Crippen molar-refractivity contribution in [2.75, 3.05) is 13.7 Å². The van der Waals surface area contributed by atoms with Gasteiger partial charge in [0.25, 0.3) is 0 Å². The Hall–Kier alpha value is -1.09. The molecule has 1 unspecified atom stereocenters. The third-order valence-electron chi connectivity index (χ3n) is 3.86. The van der Waals surface area contributed by atoms with Crippen LogP contribution in [0.4, 0.5) is 4.39 Å². The van der Waals surface area contributed by atoms with Gasteiger partial charge in [-0.3, -0.25) is 0 Å². The van der Waals surface area contributed by atoms with Gasteiger partial charge in [-0.1, -0.05) is 52.4 Å². The first-order valence-electron chi connectivity index (χ1n) is 8.29. The van der Waals surface area contributed by atoms with Crippen molar-refractivity contribution in [2.24, 2.45) is 0 Å². The summed E-state index contributed by atoms with van der Waals surface area (Å²) >= 11 is 0. The summed E-state index contributed by atoms with van der Waals surface area (Å²) in [5.74, 6) is 0.574. The van der Waals surface area contributed by atoms with E-state index in [1.807, 2.05) is 0 Å². The van der Waals surface area contributed by atoms with E-state index in [2.05, 4.69) is 19.2 Å². The third kappa shape index (κ3) is 6.47. The molecule has 0 aromatic heterocycles. The van der Waals surface area contributed by atoms with Crippen molar-refractivity contribution < 1.29 is 9.13 Å². The Morgan fingerprint density at radius 2 is 1.81 bits per heavy atom. The Morgan fingerprint density at radius 1 is 1.10 bits per heavy atom. The van der Waals surface area contributed by atoms with Crippen LogP contribution < -0.4 is 10.1 Å². The van der Waals surface area contributed by atoms with Crippen LogP contribution in [0.15, 0.2) is 18.2 Å². The highest BCUT2D eigenvalue weighted by molar-refractivity contribution is 5.36. The average molecular weight is 295 g/mol. The lowest BCUT2D eigenvalue weighted by molar-refractivity contribution is 0.391. The monoisotopic (exact) mass is 295 g/mol. The quantitative estimate of drug-likeness (QED) is 0.564. The SMILES string of the molecule is CCCCCCCCC(NCC)c1cc(F)ccc1OC. The van der Waals surface area contributed by atoms with Crippen LogP contribution in [0.2, 0.25) is 0 Å². The fraction of sp³-hybridized carbons (Fsp3) is 0.667. The molecule has 1 atom stereocenters. The lowest BCUT2D eigenvalue weighted by Crippen LogP contribution is -2.21. The van der Waals surface area contributed by atoms with E-state index in [1.165, 1.54) is 44.6 Å². The molecule has 0 spiro atoms. The Balaban J connectivity index is 2.58. The molecule has 0 aliphatic rings. The molecule has 0 fully saturated rings. The fourth-order valence-corrected chi connectivity index (χ4v) is 2.72. The first kappa shape index (κ1) is 18.0. The summed E-state index contributed by atoms with van der Waals surface area (Å²) in [7, 11) is 1.64. The van der Waals surface area contributed by atoms with E-state index in [0.717, 1.165) is 24.3 Å². The van der Waals surface area contributed by atoms with Crippen LogP contribution in [0.25, 0.3) is 0 Å². The molecule has 21 heavy (non-hydrogen) atoms. The lowest BCUT2D eigenvalue weighted by Gasteiger charge is -2.21. The van der Waals surface area contributed by atoms with E-state index in [0.29, 0.717) is 0 Å². The second kappa shape index (κ2) is 10.6. The van der Waals surface area contributed by atoms with Crippen molar-refractivity contribution in [3.8, 4) is 5.75 Å². The van der Waals surface area contributed by atoms with E-state index in [-0.39, 0.29) is 11.9 Å².